The third kappa shape index (κ3) is 3.64. The molecule has 0 saturated carbocycles. The number of hydrogen-bond acceptors (Lipinski definition) is 4. The molecule has 7 heteroatoms. The molecule has 2 heterocycles. The van der Waals surface area contributed by atoms with Crippen molar-refractivity contribution >= 4 is 34.1 Å². The van der Waals surface area contributed by atoms with Crippen molar-refractivity contribution in [3.05, 3.63) is 45.9 Å². The minimum Gasteiger partial charge on any atom is -0.391 e. The molecule has 1 aliphatic rings. The van der Waals surface area contributed by atoms with Gasteiger partial charge in [0, 0.05) is 23.5 Å². The molecule has 0 radical (unpaired) electrons. The van der Waals surface area contributed by atoms with E-state index in [1.54, 1.807) is 17.0 Å². The van der Waals surface area contributed by atoms with Crippen molar-refractivity contribution in [2.45, 2.75) is 24.9 Å². The largest absolute Gasteiger partial charge is 0.391 e. The molecule has 130 valence electrons. The highest BCUT2D eigenvalue weighted by atomic mass is 35.5. The zero-order chi connectivity index (χ0) is 18.0. The summed E-state index contributed by atoms with van der Waals surface area (Å²) in [6.07, 6.45) is 5.94. The van der Waals surface area contributed by atoms with Crippen LogP contribution in [-0.2, 0) is 5.41 Å². The summed E-state index contributed by atoms with van der Waals surface area (Å²) in [5, 5.41) is 15.3. The standard InChI is InChI=1S/C18H18ClN3O2S/c1-3-18(2,12-4-6-13(19)7-5-12)15-11-25-16(20-15)21-17(24)22-9-8-14(23)10-22/h1,4-7,11,14,23H,8-10H2,2H3,(H,20,21,24). The highest BCUT2D eigenvalue weighted by Gasteiger charge is 2.30. The van der Waals surface area contributed by atoms with E-state index in [1.807, 2.05) is 24.4 Å². The first-order chi connectivity index (χ1) is 11.9. The fraction of sp³-hybridized carbons (Fsp3) is 0.333. The number of aromatic nitrogens is 1. The Balaban J connectivity index is 1.78. The normalized spacial score (nSPS) is 19.3. The molecule has 0 aliphatic carbocycles. The predicted octanol–water partition coefficient (Wildman–Crippen LogP) is 3.33. The fourth-order valence-electron chi connectivity index (χ4n) is 2.75. The maximum atomic E-state index is 12.2. The van der Waals surface area contributed by atoms with E-state index in [-0.39, 0.29) is 6.03 Å². The van der Waals surface area contributed by atoms with E-state index in [9.17, 15) is 9.90 Å². The Kier molecular flexibility index (Phi) is 5.00. The molecule has 1 aromatic heterocycles. The number of aliphatic hydroxyl groups excluding tert-OH is 1. The van der Waals surface area contributed by atoms with Crippen LogP contribution in [0.1, 0.15) is 24.6 Å². The molecule has 2 N–H and O–H groups in total. The molecule has 2 atom stereocenters. The fourth-order valence-corrected chi connectivity index (χ4v) is 3.68. The molecule has 2 aromatic rings. The number of thiazole rings is 1. The second-order valence-electron chi connectivity index (χ2n) is 6.13. The topological polar surface area (TPSA) is 65.5 Å². The number of urea groups is 1. The van der Waals surface area contributed by atoms with Crippen LogP contribution in [0.2, 0.25) is 5.02 Å². The van der Waals surface area contributed by atoms with Crippen molar-refractivity contribution < 1.29 is 9.90 Å². The molecule has 1 aromatic carbocycles. The van der Waals surface area contributed by atoms with Crippen molar-refractivity contribution in [2.75, 3.05) is 18.4 Å². The number of likely N-dealkylation sites (tertiary alicyclic amines) is 1. The van der Waals surface area contributed by atoms with Crippen LogP contribution in [0.4, 0.5) is 9.93 Å². The van der Waals surface area contributed by atoms with E-state index < -0.39 is 11.5 Å². The average molecular weight is 376 g/mol. The first-order valence-corrected chi connectivity index (χ1v) is 9.12. The molecular weight excluding hydrogens is 358 g/mol. The second-order valence-corrected chi connectivity index (χ2v) is 7.43. The summed E-state index contributed by atoms with van der Waals surface area (Å²) in [4.78, 5) is 18.3. The van der Waals surface area contributed by atoms with Crippen LogP contribution < -0.4 is 5.32 Å². The molecule has 25 heavy (non-hydrogen) atoms. The number of β-amino-alcohol motifs (C(OH)–C–C–N with tert-alkyl or cyclic N) is 1. The Morgan fingerprint density at radius 1 is 1.52 bits per heavy atom. The molecule has 5 nitrogen and oxygen atoms in total. The minimum atomic E-state index is -0.714. The number of carbonyl (C=O) groups excluding carboxylic acids is 1. The van der Waals surface area contributed by atoms with Gasteiger partial charge in [0.15, 0.2) is 5.13 Å². The number of terminal acetylenes is 1. The highest BCUT2D eigenvalue weighted by Crippen LogP contribution is 2.34. The van der Waals surface area contributed by atoms with Gasteiger partial charge in [0.25, 0.3) is 0 Å². The Bertz CT molecular complexity index is 814. The average Bonchev–Trinajstić information content (AvgIpc) is 3.24. The molecule has 0 bridgehead atoms. The lowest BCUT2D eigenvalue weighted by atomic mass is 9.81. The Morgan fingerprint density at radius 3 is 2.84 bits per heavy atom. The summed E-state index contributed by atoms with van der Waals surface area (Å²) in [7, 11) is 0. The smallest absolute Gasteiger partial charge is 0.323 e. The first kappa shape index (κ1) is 17.7. The molecule has 3 rings (SSSR count). The minimum absolute atomic E-state index is 0.258. The van der Waals surface area contributed by atoms with Gasteiger partial charge in [0.2, 0.25) is 0 Å². The highest BCUT2D eigenvalue weighted by molar-refractivity contribution is 7.14. The number of rotatable bonds is 3. The number of nitrogens with zero attached hydrogens (tertiary/aromatic N) is 2. The zero-order valence-corrected chi connectivity index (χ0v) is 15.3. The quantitative estimate of drug-likeness (QED) is 0.809. The number of nitrogens with one attached hydrogen (secondary N) is 1. The third-order valence-electron chi connectivity index (χ3n) is 4.39. The Morgan fingerprint density at radius 2 is 2.24 bits per heavy atom. The van der Waals surface area contributed by atoms with Crippen LogP contribution >= 0.6 is 22.9 Å². The second kappa shape index (κ2) is 7.04. The van der Waals surface area contributed by atoms with Crippen LogP contribution in [0, 0.1) is 12.3 Å². The summed E-state index contributed by atoms with van der Waals surface area (Å²) in [6, 6.07) is 7.09. The number of benzene rings is 1. The molecule has 0 spiro atoms. The lowest BCUT2D eigenvalue weighted by Gasteiger charge is -2.22. The van der Waals surface area contributed by atoms with Gasteiger partial charge in [0.05, 0.1) is 17.2 Å². The van der Waals surface area contributed by atoms with Gasteiger partial charge in [-0.1, -0.05) is 29.7 Å². The van der Waals surface area contributed by atoms with Gasteiger partial charge in [-0.3, -0.25) is 5.32 Å². The van der Waals surface area contributed by atoms with Gasteiger partial charge >= 0.3 is 6.03 Å². The molecule has 2 amide bonds. The van der Waals surface area contributed by atoms with E-state index in [2.05, 4.69) is 16.2 Å². The van der Waals surface area contributed by atoms with E-state index in [4.69, 9.17) is 18.0 Å². The Hall–Kier alpha value is -2.07. The number of hydrogen-bond donors (Lipinski definition) is 2. The van der Waals surface area contributed by atoms with E-state index in [0.717, 1.165) is 5.56 Å². The summed E-state index contributed by atoms with van der Waals surface area (Å²) in [5.74, 6) is 2.80. The van der Waals surface area contributed by atoms with Gasteiger partial charge in [-0.05, 0) is 31.0 Å². The first-order valence-electron chi connectivity index (χ1n) is 7.86. The molecular formula is C18H18ClN3O2S. The van der Waals surface area contributed by atoms with Crippen molar-refractivity contribution in [2.24, 2.45) is 0 Å². The number of halogens is 1. The predicted molar refractivity (Wildman–Crippen MR) is 100 cm³/mol. The third-order valence-corrected chi connectivity index (χ3v) is 5.40. The van der Waals surface area contributed by atoms with Crippen LogP contribution in [-0.4, -0.2) is 40.2 Å². The van der Waals surface area contributed by atoms with E-state index >= 15 is 0 Å². The van der Waals surface area contributed by atoms with E-state index in [1.165, 1.54) is 11.3 Å². The van der Waals surface area contributed by atoms with Crippen LogP contribution in [0.3, 0.4) is 0 Å². The maximum absolute atomic E-state index is 12.2. The van der Waals surface area contributed by atoms with Gasteiger partial charge in [-0.15, -0.1) is 17.8 Å². The van der Waals surface area contributed by atoms with Crippen LogP contribution in [0.5, 0.6) is 0 Å². The SMILES string of the molecule is C#CC(C)(c1ccc(Cl)cc1)c1csc(NC(=O)N2CCC(O)C2)n1. The molecule has 2 unspecified atom stereocenters. The summed E-state index contributed by atoms with van der Waals surface area (Å²) in [5.41, 5.74) is 0.887. The number of anilines is 1. The van der Waals surface area contributed by atoms with Crippen molar-refractivity contribution in [1.82, 2.24) is 9.88 Å². The van der Waals surface area contributed by atoms with Crippen LogP contribution in [0.15, 0.2) is 29.6 Å². The number of aliphatic hydroxyl groups is 1. The van der Waals surface area contributed by atoms with Crippen molar-refractivity contribution in [1.29, 1.82) is 0 Å². The van der Waals surface area contributed by atoms with Crippen molar-refractivity contribution in [3.8, 4) is 12.3 Å². The van der Waals surface area contributed by atoms with Gasteiger partial charge in [0.1, 0.15) is 0 Å². The zero-order valence-electron chi connectivity index (χ0n) is 13.7. The Labute approximate surface area is 155 Å². The summed E-state index contributed by atoms with van der Waals surface area (Å²) >= 11 is 7.27. The molecule has 1 saturated heterocycles. The monoisotopic (exact) mass is 375 g/mol. The van der Waals surface area contributed by atoms with Crippen LogP contribution in [0.25, 0.3) is 0 Å². The van der Waals surface area contributed by atoms with Gasteiger partial charge in [-0.25, -0.2) is 9.78 Å². The van der Waals surface area contributed by atoms with Crippen molar-refractivity contribution in [3.63, 3.8) is 0 Å². The molecule has 1 aliphatic heterocycles. The molecule has 1 fully saturated rings. The van der Waals surface area contributed by atoms with Gasteiger partial charge < -0.3 is 10.0 Å². The summed E-state index contributed by atoms with van der Waals surface area (Å²) < 4.78 is 0. The maximum Gasteiger partial charge on any atom is 0.323 e. The number of amides is 2. The lowest BCUT2D eigenvalue weighted by Crippen LogP contribution is -2.33. The van der Waals surface area contributed by atoms with Gasteiger partial charge in [-0.2, -0.15) is 0 Å². The van der Waals surface area contributed by atoms with E-state index in [0.29, 0.717) is 35.4 Å². The lowest BCUT2D eigenvalue weighted by molar-refractivity contribution is 0.176. The summed E-state index contributed by atoms with van der Waals surface area (Å²) in [6.45, 7) is 2.79. The number of carbonyl (C=O) groups is 1.